The van der Waals surface area contributed by atoms with Gasteiger partial charge in [-0.25, -0.2) is 16.8 Å². The molecule has 8 nitrogen and oxygen atoms in total. The fourth-order valence-corrected chi connectivity index (χ4v) is 6.75. The third-order valence-corrected chi connectivity index (χ3v) is 9.36. The van der Waals surface area contributed by atoms with Gasteiger partial charge in [-0.05, 0) is 42.7 Å². The second-order valence-corrected chi connectivity index (χ2v) is 11.8. The maximum Gasteiger partial charge on any atom is 0.253 e. The number of benzene rings is 2. The van der Waals surface area contributed by atoms with Gasteiger partial charge < -0.3 is 4.90 Å². The number of hydrogen-bond donors (Lipinski definition) is 0. The van der Waals surface area contributed by atoms with Crippen molar-refractivity contribution in [2.75, 3.05) is 39.3 Å². The number of carbonyl (C=O) groups excluding carboxylic acids is 1. The van der Waals surface area contributed by atoms with E-state index >= 15 is 0 Å². The molecule has 176 valence electrons. The summed E-state index contributed by atoms with van der Waals surface area (Å²) in [4.78, 5) is 14.7. The summed E-state index contributed by atoms with van der Waals surface area (Å²) < 4.78 is 53.7. The van der Waals surface area contributed by atoms with Crippen molar-refractivity contribution in [2.45, 2.75) is 17.7 Å². The van der Waals surface area contributed by atoms with Gasteiger partial charge >= 0.3 is 0 Å². The third-order valence-electron chi connectivity index (χ3n) is 5.90. The van der Waals surface area contributed by atoms with Crippen molar-refractivity contribution in [3.63, 3.8) is 0 Å². The highest BCUT2D eigenvalue weighted by Gasteiger charge is 2.30. The lowest BCUT2D eigenvalue weighted by Crippen LogP contribution is -2.50. The quantitative estimate of drug-likeness (QED) is 0.620. The summed E-state index contributed by atoms with van der Waals surface area (Å²) in [5, 5.41) is 1.19. The number of rotatable bonds is 6. The zero-order chi connectivity index (χ0) is 23.5. The number of carbonyl (C=O) groups is 1. The molecular formula is C23H27N3O5S2. The second-order valence-electron chi connectivity index (χ2n) is 8.09. The van der Waals surface area contributed by atoms with E-state index in [4.69, 9.17) is 0 Å². The zero-order valence-electron chi connectivity index (χ0n) is 18.2. The van der Waals surface area contributed by atoms with Crippen LogP contribution in [0.5, 0.6) is 0 Å². The summed E-state index contributed by atoms with van der Waals surface area (Å²) in [6.07, 6.45) is 3.23. The Hall–Kier alpha value is -2.53. The topological polar surface area (TPSA) is 95.1 Å². The van der Waals surface area contributed by atoms with E-state index in [-0.39, 0.29) is 42.5 Å². The maximum atomic E-state index is 13.0. The first kappa shape index (κ1) is 23.6. The van der Waals surface area contributed by atoms with Gasteiger partial charge in [-0.3, -0.25) is 4.79 Å². The van der Waals surface area contributed by atoms with E-state index in [0.29, 0.717) is 13.1 Å². The van der Waals surface area contributed by atoms with Crippen molar-refractivity contribution < 1.29 is 21.6 Å². The molecule has 0 aliphatic carbocycles. The summed E-state index contributed by atoms with van der Waals surface area (Å²) in [7, 11) is -7.22. The van der Waals surface area contributed by atoms with Crippen LogP contribution in [0.25, 0.3) is 6.08 Å². The SMILES string of the molecule is O=C(c1cccc(S(=O)(=O)N2CCCC2)c1)N1CCN(S(=O)(=O)C=Cc2ccccc2)CC1. The fourth-order valence-electron chi connectivity index (χ4n) is 4.01. The molecule has 0 spiro atoms. The highest BCUT2D eigenvalue weighted by Crippen LogP contribution is 2.22. The van der Waals surface area contributed by atoms with Crippen LogP contribution in [-0.4, -0.2) is 75.5 Å². The van der Waals surface area contributed by atoms with Crippen LogP contribution < -0.4 is 0 Å². The number of amides is 1. The molecule has 2 aromatic rings. The molecule has 2 heterocycles. The average molecular weight is 490 g/mol. The van der Waals surface area contributed by atoms with Gasteiger partial charge in [-0.1, -0.05) is 36.4 Å². The lowest BCUT2D eigenvalue weighted by atomic mass is 10.2. The molecule has 0 unspecified atom stereocenters. The highest BCUT2D eigenvalue weighted by molar-refractivity contribution is 7.92. The van der Waals surface area contributed by atoms with E-state index in [1.807, 2.05) is 30.3 Å². The average Bonchev–Trinajstić information content (AvgIpc) is 3.39. The Labute approximate surface area is 195 Å². The first-order chi connectivity index (χ1) is 15.8. The number of nitrogens with zero attached hydrogens (tertiary/aromatic N) is 3. The molecule has 0 bridgehead atoms. The second kappa shape index (κ2) is 9.76. The molecule has 2 aliphatic rings. The van der Waals surface area contributed by atoms with Crippen LogP contribution in [0.4, 0.5) is 0 Å². The van der Waals surface area contributed by atoms with Crippen LogP contribution in [0.3, 0.4) is 0 Å². The predicted octanol–water partition coefficient (Wildman–Crippen LogP) is 2.23. The molecule has 10 heteroatoms. The normalized spacial score (nSPS) is 18.7. The molecule has 4 rings (SSSR count). The van der Waals surface area contributed by atoms with E-state index in [2.05, 4.69) is 0 Å². The Morgan fingerprint density at radius 2 is 1.42 bits per heavy atom. The predicted molar refractivity (Wildman–Crippen MR) is 126 cm³/mol. The third kappa shape index (κ3) is 5.35. The van der Waals surface area contributed by atoms with Crippen molar-refractivity contribution in [1.82, 2.24) is 13.5 Å². The number of hydrogen-bond acceptors (Lipinski definition) is 5. The van der Waals surface area contributed by atoms with Crippen molar-refractivity contribution in [1.29, 1.82) is 0 Å². The molecule has 33 heavy (non-hydrogen) atoms. The fraction of sp³-hybridized carbons (Fsp3) is 0.348. The minimum absolute atomic E-state index is 0.113. The highest BCUT2D eigenvalue weighted by atomic mass is 32.2. The molecule has 2 fully saturated rings. The van der Waals surface area contributed by atoms with E-state index in [1.54, 1.807) is 23.1 Å². The Kier molecular flexibility index (Phi) is 6.99. The summed E-state index contributed by atoms with van der Waals surface area (Å²) in [6, 6.07) is 15.3. The molecule has 1 amide bonds. The molecular weight excluding hydrogens is 462 g/mol. The van der Waals surface area contributed by atoms with Crippen LogP contribution >= 0.6 is 0 Å². The van der Waals surface area contributed by atoms with E-state index in [1.165, 1.54) is 26.2 Å². The smallest absolute Gasteiger partial charge is 0.253 e. The largest absolute Gasteiger partial charge is 0.336 e. The van der Waals surface area contributed by atoms with Gasteiger partial charge in [0.05, 0.1) is 4.90 Å². The van der Waals surface area contributed by atoms with Crippen molar-refractivity contribution in [3.05, 3.63) is 71.1 Å². The van der Waals surface area contributed by atoms with E-state index in [9.17, 15) is 21.6 Å². The van der Waals surface area contributed by atoms with Gasteiger partial charge in [0.25, 0.3) is 5.91 Å². The Balaban J connectivity index is 1.41. The Morgan fingerprint density at radius 1 is 0.758 bits per heavy atom. The van der Waals surface area contributed by atoms with Gasteiger partial charge in [-0.15, -0.1) is 0 Å². The summed E-state index contributed by atoms with van der Waals surface area (Å²) >= 11 is 0. The Morgan fingerprint density at radius 3 is 2.09 bits per heavy atom. The molecule has 2 aliphatic heterocycles. The van der Waals surface area contributed by atoms with Gasteiger partial charge in [-0.2, -0.15) is 8.61 Å². The number of sulfonamides is 2. The van der Waals surface area contributed by atoms with Gasteiger partial charge in [0.15, 0.2) is 0 Å². The molecule has 0 radical (unpaired) electrons. The van der Waals surface area contributed by atoms with E-state index < -0.39 is 20.0 Å². The summed E-state index contributed by atoms with van der Waals surface area (Å²) in [6.45, 7) is 1.82. The molecule has 0 atom stereocenters. The van der Waals surface area contributed by atoms with Crippen molar-refractivity contribution >= 4 is 32.0 Å². The first-order valence-electron chi connectivity index (χ1n) is 10.9. The lowest BCUT2D eigenvalue weighted by molar-refractivity contribution is 0.0698. The lowest BCUT2D eigenvalue weighted by Gasteiger charge is -2.33. The molecule has 2 aromatic carbocycles. The zero-order valence-corrected chi connectivity index (χ0v) is 19.8. The Bertz CT molecular complexity index is 1230. The van der Waals surface area contributed by atoms with Gasteiger partial charge in [0.2, 0.25) is 20.0 Å². The van der Waals surface area contributed by atoms with Crippen LogP contribution in [0, 0.1) is 0 Å². The number of piperazine rings is 1. The molecule has 2 saturated heterocycles. The minimum atomic E-state index is -3.62. The molecule has 0 saturated carbocycles. The standard InChI is InChI=1S/C23H27N3O5S2/c27-23(21-9-6-10-22(19-21)33(30,31)26-12-4-5-13-26)24-14-16-25(17-15-24)32(28,29)18-11-20-7-2-1-3-8-20/h1-3,6-11,18-19H,4-5,12-17H2. The van der Waals surface area contributed by atoms with Crippen LogP contribution in [0.2, 0.25) is 0 Å². The maximum absolute atomic E-state index is 13.0. The van der Waals surface area contributed by atoms with Gasteiger partial charge in [0.1, 0.15) is 0 Å². The van der Waals surface area contributed by atoms with Crippen LogP contribution in [0.15, 0.2) is 64.9 Å². The first-order valence-corrected chi connectivity index (χ1v) is 13.8. The monoisotopic (exact) mass is 489 g/mol. The van der Waals surface area contributed by atoms with Crippen LogP contribution in [-0.2, 0) is 20.0 Å². The molecule has 0 N–H and O–H groups in total. The van der Waals surface area contributed by atoms with Gasteiger partial charge in [0, 0.05) is 50.2 Å². The summed E-state index contributed by atoms with van der Waals surface area (Å²) in [5.41, 5.74) is 1.08. The van der Waals surface area contributed by atoms with E-state index in [0.717, 1.165) is 18.4 Å². The molecule has 0 aromatic heterocycles. The van der Waals surface area contributed by atoms with Crippen LogP contribution in [0.1, 0.15) is 28.8 Å². The minimum Gasteiger partial charge on any atom is -0.336 e. The summed E-state index contributed by atoms with van der Waals surface area (Å²) in [5.74, 6) is -0.301. The van der Waals surface area contributed by atoms with Crippen molar-refractivity contribution in [3.8, 4) is 0 Å². The van der Waals surface area contributed by atoms with Crippen molar-refractivity contribution in [2.24, 2.45) is 0 Å².